The number of nitrogens with zero attached hydrogens (tertiary/aromatic N) is 1. The lowest BCUT2D eigenvalue weighted by molar-refractivity contribution is -0.134. The second-order valence-electron chi connectivity index (χ2n) is 4.59. The average Bonchev–Trinajstić information content (AvgIpc) is 2.84. The van der Waals surface area contributed by atoms with Crippen molar-refractivity contribution in [3.63, 3.8) is 0 Å². The number of rotatable bonds is 6. The molecular weight excluding hydrogens is 335 g/mol. The summed E-state index contributed by atoms with van der Waals surface area (Å²) in [5, 5.41) is 2.83. The van der Waals surface area contributed by atoms with Gasteiger partial charge in [0.25, 0.3) is 0 Å². The van der Waals surface area contributed by atoms with Crippen LogP contribution in [0.3, 0.4) is 0 Å². The molecule has 0 spiro atoms. The normalized spacial score (nSPS) is 13.1. The highest BCUT2D eigenvalue weighted by Gasteiger charge is 2.26. The first-order valence-corrected chi connectivity index (χ1v) is 8.62. The van der Waals surface area contributed by atoms with Gasteiger partial charge in [-0.15, -0.1) is 11.3 Å². The molecule has 3 nitrogen and oxygen atoms in total. The van der Waals surface area contributed by atoms with Gasteiger partial charge in [-0.25, -0.2) is 9.19 Å². The Bertz CT molecular complexity index is 656. The van der Waals surface area contributed by atoms with E-state index in [4.69, 9.17) is 4.18 Å². The van der Waals surface area contributed by atoms with E-state index < -0.39 is 23.7 Å². The molecule has 0 fully saturated rings. The maximum absolute atomic E-state index is 12.0. The van der Waals surface area contributed by atoms with E-state index in [0.29, 0.717) is 5.75 Å². The minimum atomic E-state index is -4.23. The Balaban J connectivity index is 1.94. The highest BCUT2D eigenvalue weighted by molar-refractivity contribution is 7.80. The number of aryl methyl sites for hydroxylation is 1. The summed E-state index contributed by atoms with van der Waals surface area (Å²) >= 11 is -0.269. The van der Waals surface area contributed by atoms with Gasteiger partial charge < -0.3 is 4.18 Å². The molecule has 1 aromatic heterocycles. The van der Waals surface area contributed by atoms with E-state index in [1.165, 1.54) is 11.3 Å². The van der Waals surface area contributed by atoms with Gasteiger partial charge in [-0.05, 0) is 25.5 Å². The van der Waals surface area contributed by atoms with Gasteiger partial charge >= 0.3 is 6.18 Å². The lowest BCUT2D eigenvalue weighted by Crippen LogP contribution is -2.11. The first-order valence-electron chi connectivity index (χ1n) is 6.49. The Morgan fingerprint density at radius 3 is 2.77 bits per heavy atom. The van der Waals surface area contributed by atoms with Crippen LogP contribution in [0.2, 0.25) is 0 Å². The van der Waals surface area contributed by atoms with Crippen LogP contribution in [0.4, 0.5) is 13.2 Å². The molecule has 0 aliphatic carbocycles. The maximum Gasteiger partial charge on any atom is 0.389 e. The molecule has 0 saturated carbocycles. The van der Waals surface area contributed by atoms with Gasteiger partial charge in [0, 0.05) is 17.4 Å². The SMILES string of the molecule is Cc1nc(-c2cccc(OS(=O)CCCC(F)(F)F)c2)cs1. The third kappa shape index (κ3) is 5.42. The summed E-state index contributed by atoms with van der Waals surface area (Å²) in [5.41, 5.74) is 1.60. The van der Waals surface area contributed by atoms with E-state index in [9.17, 15) is 17.4 Å². The van der Waals surface area contributed by atoms with Crippen LogP contribution in [0, 0.1) is 6.92 Å². The van der Waals surface area contributed by atoms with Gasteiger partial charge in [-0.2, -0.15) is 13.2 Å². The fourth-order valence-electron chi connectivity index (χ4n) is 1.74. The smallest absolute Gasteiger partial charge is 0.389 e. The van der Waals surface area contributed by atoms with E-state index in [0.717, 1.165) is 16.3 Å². The van der Waals surface area contributed by atoms with Crippen molar-refractivity contribution in [2.75, 3.05) is 5.75 Å². The van der Waals surface area contributed by atoms with Crippen molar-refractivity contribution in [3.05, 3.63) is 34.7 Å². The molecule has 0 aliphatic heterocycles. The number of benzene rings is 1. The molecular formula is C14H14F3NO2S2. The topological polar surface area (TPSA) is 39.2 Å². The second-order valence-corrected chi connectivity index (χ2v) is 6.83. The van der Waals surface area contributed by atoms with Crippen molar-refractivity contribution in [1.29, 1.82) is 0 Å². The first-order chi connectivity index (χ1) is 10.3. The molecule has 1 unspecified atom stereocenters. The van der Waals surface area contributed by atoms with Crippen molar-refractivity contribution in [2.45, 2.75) is 25.9 Å². The third-order valence-electron chi connectivity index (χ3n) is 2.71. The molecule has 2 aromatic rings. The van der Waals surface area contributed by atoms with Crippen molar-refractivity contribution in [2.24, 2.45) is 0 Å². The van der Waals surface area contributed by atoms with Gasteiger partial charge in [0.1, 0.15) is 5.75 Å². The molecule has 0 amide bonds. The minimum Gasteiger partial charge on any atom is -0.401 e. The highest BCUT2D eigenvalue weighted by atomic mass is 32.2. The zero-order chi connectivity index (χ0) is 16.2. The summed E-state index contributed by atoms with van der Waals surface area (Å²) in [6.45, 7) is 1.89. The molecule has 0 bridgehead atoms. The maximum atomic E-state index is 12.0. The van der Waals surface area contributed by atoms with E-state index in [1.807, 2.05) is 18.4 Å². The molecule has 0 radical (unpaired) electrons. The van der Waals surface area contributed by atoms with E-state index in [2.05, 4.69) is 4.98 Å². The average molecular weight is 349 g/mol. The van der Waals surface area contributed by atoms with Gasteiger partial charge in [0.15, 0.2) is 0 Å². The largest absolute Gasteiger partial charge is 0.401 e. The lowest BCUT2D eigenvalue weighted by Gasteiger charge is -2.07. The summed E-state index contributed by atoms with van der Waals surface area (Å²) in [4.78, 5) is 4.34. The zero-order valence-electron chi connectivity index (χ0n) is 11.7. The molecule has 0 saturated heterocycles. The van der Waals surface area contributed by atoms with Crippen LogP contribution in [-0.4, -0.2) is 21.1 Å². The number of thiazole rings is 1. The number of hydrogen-bond donors (Lipinski definition) is 0. The number of aromatic nitrogens is 1. The van der Waals surface area contributed by atoms with Crippen LogP contribution < -0.4 is 4.18 Å². The molecule has 0 N–H and O–H groups in total. The minimum absolute atomic E-state index is 0.153. The quantitative estimate of drug-likeness (QED) is 0.771. The van der Waals surface area contributed by atoms with Crippen molar-refractivity contribution in [3.8, 4) is 17.0 Å². The first kappa shape index (κ1) is 17.0. The summed E-state index contributed by atoms with van der Waals surface area (Å²) < 4.78 is 52.9. The summed E-state index contributed by atoms with van der Waals surface area (Å²) in [6, 6.07) is 6.86. The standard InChI is InChI=1S/C14H14F3NO2S2/c1-10-18-13(9-21-10)11-4-2-5-12(8-11)20-22(19)7-3-6-14(15,16)17/h2,4-5,8-9H,3,6-7H2,1H3. The zero-order valence-corrected chi connectivity index (χ0v) is 13.4. The lowest BCUT2D eigenvalue weighted by atomic mass is 10.2. The molecule has 2 rings (SSSR count). The molecule has 1 atom stereocenters. The van der Waals surface area contributed by atoms with Crippen LogP contribution in [0.1, 0.15) is 17.8 Å². The van der Waals surface area contributed by atoms with Crippen molar-refractivity contribution in [1.82, 2.24) is 4.98 Å². The predicted octanol–water partition coefficient (Wildman–Crippen LogP) is 4.50. The fourth-order valence-corrected chi connectivity index (χ4v) is 3.15. The van der Waals surface area contributed by atoms with Gasteiger partial charge in [-0.3, -0.25) is 0 Å². The van der Waals surface area contributed by atoms with Gasteiger partial charge in [0.2, 0.25) is 11.1 Å². The Kier molecular flexibility index (Phi) is 5.57. The van der Waals surface area contributed by atoms with Crippen molar-refractivity contribution < 1.29 is 21.6 Å². The Hall–Kier alpha value is -1.41. The molecule has 0 aliphatic rings. The summed E-state index contributed by atoms with van der Waals surface area (Å²) in [7, 11) is 0. The molecule has 1 aromatic carbocycles. The van der Waals surface area contributed by atoms with Crippen LogP contribution in [-0.2, 0) is 11.1 Å². The monoisotopic (exact) mass is 349 g/mol. The van der Waals surface area contributed by atoms with Crippen molar-refractivity contribution >= 4 is 22.4 Å². The predicted molar refractivity (Wildman–Crippen MR) is 81.2 cm³/mol. The second kappa shape index (κ2) is 7.23. The Morgan fingerprint density at radius 1 is 1.36 bits per heavy atom. The molecule has 120 valence electrons. The summed E-state index contributed by atoms with van der Waals surface area (Å²) in [6.07, 6.45) is -5.41. The number of hydrogen-bond acceptors (Lipinski definition) is 4. The highest BCUT2D eigenvalue weighted by Crippen LogP contribution is 2.26. The molecule has 1 heterocycles. The van der Waals surface area contributed by atoms with Crippen LogP contribution in [0.15, 0.2) is 29.6 Å². The van der Waals surface area contributed by atoms with Crippen LogP contribution in [0.25, 0.3) is 11.3 Å². The Labute approximate surface area is 132 Å². The fraction of sp³-hybridized carbons (Fsp3) is 0.357. The number of alkyl halides is 3. The van der Waals surface area contributed by atoms with Crippen LogP contribution in [0.5, 0.6) is 5.75 Å². The molecule has 22 heavy (non-hydrogen) atoms. The van der Waals surface area contributed by atoms with Gasteiger partial charge in [0.05, 0.1) is 16.5 Å². The Morgan fingerprint density at radius 2 is 2.14 bits per heavy atom. The van der Waals surface area contributed by atoms with E-state index in [1.54, 1.807) is 18.2 Å². The third-order valence-corrected chi connectivity index (χ3v) is 4.48. The van der Waals surface area contributed by atoms with Crippen LogP contribution >= 0.6 is 11.3 Å². The van der Waals surface area contributed by atoms with E-state index >= 15 is 0 Å². The number of halogens is 3. The molecule has 8 heteroatoms. The van der Waals surface area contributed by atoms with E-state index in [-0.39, 0.29) is 12.2 Å². The van der Waals surface area contributed by atoms with Gasteiger partial charge in [-0.1, -0.05) is 12.1 Å². The summed E-state index contributed by atoms with van der Waals surface area (Å²) in [5.74, 6) is 0.202.